The molecule has 0 saturated carbocycles. The maximum atomic E-state index is 13.5. The van der Waals surface area contributed by atoms with Crippen LogP contribution in [0.5, 0.6) is 0 Å². The molecule has 3 heterocycles. The number of carbonyl (C=O) groups is 2. The summed E-state index contributed by atoms with van der Waals surface area (Å²) in [4.78, 5) is 50.4. The number of rotatable bonds is 10. The quantitative estimate of drug-likeness (QED) is 0.381. The van der Waals surface area contributed by atoms with Gasteiger partial charge in [0.15, 0.2) is 21.3 Å². The molecule has 10 heteroatoms. The van der Waals surface area contributed by atoms with Crippen molar-refractivity contribution >= 4 is 38.6 Å². The van der Waals surface area contributed by atoms with Crippen LogP contribution in [0.15, 0.2) is 35.1 Å². The molecule has 204 valence electrons. The van der Waals surface area contributed by atoms with E-state index in [1.807, 2.05) is 62.9 Å². The van der Waals surface area contributed by atoms with Crippen molar-refractivity contribution in [3.63, 3.8) is 0 Å². The van der Waals surface area contributed by atoms with Gasteiger partial charge in [-0.25, -0.2) is 9.97 Å². The van der Waals surface area contributed by atoms with Crippen LogP contribution in [0.25, 0.3) is 10.3 Å². The lowest BCUT2D eigenvalue weighted by atomic mass is 10.0. The Morgan fingerprint density at radius 3 is 2.61 bits per heavy atom. The van der Waals surface area contributed by atoms with Gasteiger partial charge in [-0.05, 0) is 58.9 Å². The van der Waals surface area contributed by atoms with Crippen molar-refractivity contribution in [2.45, 2.75) is 90.5 Å². The molecule has 1 aromatic carbocycles. The summed E-state index contributed by atoms with van der Waals surface area (Å²) in [6.07, 6.45) is 3.26. The normalized spacial score (nSPS) is 16.7. The average Bonchev–Trinajstić information content (AvgIpc) is 3.53. The third-order valence-electron chi connectivity index (χ3n) is 6.67. The zero-order valence-electron chi connectivity index (χ0n) is 22.5. The molecule has 1 N–H and O–H groups in total. The van der Waals surface area contributed by atoms with Gasteiger partial charge in [-0.1, -0.05) is 41.7 Å². The summed E-state index contributed by atoms with van der Waals surface area (Å²) in [6.45, 7) is 7.51. The van der Waals surface area contributed by atoms with Crippen molar-refractivity contribution in [3.8, 4) is 0 Å². The van der Waals surface area contributed by atoms with Gasteiger partial charge in [0.05, 0.1) is 6.04 Å². The molecule has 0 spiro atoms. The topological polar surface area (TPSA) is 115 Å². The number of ketones is 1. The summed E-state index contributed by atoms with van der Waals surface area (Å²) >= 11 is 1.27. The zero-order valence-corrected chi connectivity index (χ0v) is 23.3. The van der Waals surface area contributed by atoms with Crippen molar-refractivity contribution in [1.29, 1.82) is 0 Å². The fourth-order valence-corrected chi connectivity index (χ4v) is 5.89. The number of ether oxygens (including phenoxy) is 1. The number of hydrogen-bond donors (Lipinski definition) is 1. The smallest absolute Gasteiger partial charge is 0.306 e. The van der Waals surface area contributed by atoms with Crippen LogP contribution in [-0.4, -0.2) is 49.6 Å². The van der Waals surface area contributed by atoms with E-state index in [1.165, 1.54) is 15.9 Å². The minimum Gasteiger partial charge on any atom is -0.460 e. The number of Topliss-reactive ketones (excluding diaryl/α,β-unsaturated/α-hetero) is 1. The van der Waals surface area contributed by atoms with Crippen molar-refractivity contribution in [2.24, 2.45) is 0 Å². The predicted molar refractivity (Wildman–Crippen MR) is 148 cm³/mol. The Morgan fingerprint density at radius 1 is 1.18 bits per heavy atom. The molecule has 38 heavy (non-hydrogen) atoms. The maximum Gasteiger partial charge on any atom is 0.306 e. The Bertz CT molecular complexity index is 1350. The number of aryl methyl sites for hydroxylation is 1. The molecular formula is C28H36N4O5S. The van der Waals surface area contributed by atoms with Gasteiger partial charge in [0.25, 0.3) is 5.56 Å². The molecule has 1 saturated heterocycles. The van der Waals surface area contributed by atoms with E-state index in [4.69, 9.17) is 4.74 Å². The first-order valence-electron chi connectivity index (χ1n) is 13.2. The maximum absolute atomic E-state index is 13.5. The molecule has 0 unspecified atom stereocenters. The molecule has 4 rings (SSSR count). The van der Waals surface area contributed by atoms with Crippen LogP contribution in [0.2, 0.25) is 0 Å². The van der Waals surface area contributed by atoms with Crippen molar-refractivity contribution < 1.29 is 19.4 Å². The van der Waals surface area contributed by atoms with Gasteiger partial charge in [0, 0.05) is 25.4 Å². The monoisotopic (exact) mass is 540 g/mol. The van der Waals surface area contributed by atoms with E-state index in [9.17, 15) is 19.5 Å². The zero-order chi connectivity index (χ0) is 27.4. The lowest BCUT2D eigenvalue weighted by Crippen LogP contribution is -2.36. The molecule has 2 aromatic heterocycles. The van der Waals surface area contributed by atoms with Crippen LogP contribution in [-0.2, 0) is 27.4 Å². The third-order valence-corrected chi connectivity index (χ3v) is 7.66. The van der Waals surface area contributed by atoms with Gasteiger partial charge < -0.3 is 14.7 Å². The number of carbonyl (C=O) groups excluding carboxylic acids is 2. The third kappa shape index (κ3) is 6.47. The van der Waals surface area contributed by atoms with Gasteiger partial charge in [0.2, 0.25) is 0 Å². The van der Waals surface area contributed by atoms with Crippen LogP contribution < -0.4 is 10.5 Å². The van der Waals surface area contributed by atoms with Gasteiger partial charge in [0.1, 0.15) is 18.0 Å². The molecule has 1 aliphatic heterocycles. The van der Waals surface area contributed by atoms with Gasteiger partial charge in [-0.2, -0.15) is 0 Å². The lowest BCUT2D eigenvalue weighted by Gasteiger charge is -2.22. The van der Waals surface area contributed by atoms with Gasteiger partial charge in [-0.3, -0.25) is 19.0 Å². The Balaban J connectivity index is 1.53. The van der Waals surface area contributed by atoms with E-state index in [0.29, 0.717) is 35.8 Å². The predicted octanol–water partition coefficient (Wildman–Crippen LogP) is 4.20. The van der Waals surface area contributed by atoms with Crippen molar-refractivity contribution in [2.75, 3.05) is 11.4 Å². The van der Waals surface area contributed by atoms with Crippen LogP contribution in [0, 0.1) is 0 Å². The summed E-state index contributed by atoms with van der Waals surface area (Å²) in [5.41, 5.74) is 0.409. The molecule has 1 fully saturated rings. The Kier molecular flexibility index (Phi) is 8.62. The Hall–Kier alpha value is -3.11. The largest absolute Gasteiger partial charge is 0.460 e. The Labute approximate surface area is 226 Å². The highest BCUT2D eigenvalue weighted by atomic mass is 32.1. The molecule has 2 atom stereocenters. The van der Waals surface area contributed by atoms with E-state index in [-0.39, 0.29) is 41.1 Å². The summed E-state index contributed by atoms with van der Waals surface area (Å²) in [6, 6.07) is 9.30. The van der Waals surface area contributed by atoms with E-state index < -0.39 is 18.2 Å². The summed E-state index contributed by atoms with van der Waals surface area (Å²) in [5.74, 6) is 0.0547. The number of fused-ring (bicyclic) bond motifs is 1. The number of thiazole rings is 1. The van der Waals surface area contributed by atoms with E-state index in [1.54, 1.807) is 0 Å². The molecule has 0 bridgehead atoms. The van der Waals surface area contributed by atoms with E-state index >= 15 is 0 Å². The SMILES string of the molecule is C[C@@H](CCC(=O)OC(C)(C)C)n1c(CO)nc2sc(N3CCC[C@@H]3C(=O)CCc3ccccc3)nc2c1=O. The fraction of sp³-hybridized carbons (Fsp3) is 0.536. The second-order valence-corrected chi connectivity index (χ2v) is 11.7. The highest BCUT2D eigenvalue weighted by Crippen LogP contribution is 2.33. The number of aromatic nitrogens is 3. The van der Waals surface area contributed by atoms with Gasteiger partial charge in [-0.15, -0.1) is 0 Å². The number of benzene rings is 1. The average molecular weight is 541 g/mol. The molecule has 0 amide bonds. The molecule has 9 nitrogen and oxygen atoms in total. The fourth-order valence-electron chi connectivity index (χ4n) is 4.87. The second-order valence-electron chi connectivity index (χ2n) is 10.8. The number of anilines is 1. The first kappa shape index (κ1) is 27.9. The first-order chi connectivity index (χ1) is 18.1. The van der Waals surface area contributed by atoms with Crippen LogP contribution >= 0.6 is 11.3 Å². The summed E-state index contributed by atoms with van der Waals surface area (Å²) < 4.78 is 6.80. The molecular weight excluding hydrogens is 504 g/mol. The second kappa shape index (κ2) is 11.7. The minimum absolute atomic E-state index is 0.136. The highest BCUT2D eigenvalue weighted by Gasteiger charge is 2.33. The number of aliphatic hydroxyl groups is 1. The van der Waals surface area contributed by atoms with Crippen LogP contribution in [0.4, 0.5) is 5.13 Å². The standard InChI is InChI=1S/C28H36N4O5S/c1-18(12-15-23(35)37-28(2,3)4)32-22(17-33)29-25-24(26(32)36)30-27(38-25)31-16-8-11-20(31)21(34)14-13-19-9-6-5-7-10-19/h5-7,9-10,18,20,33H,8,11-17H2,1-4H3/t18-,20+/m0/s1. The van der Waals surface area contributed by atoms with Crippen LogP contribution in [0.3, 0.4) is 0 Å². The van der Waals surface area contributed by atoms with Crippen molar-refractivity contribution in [1.82, 2.24) is 14.5 Å². The molecule has 3 aromatic rings. The van der Waals surface area contributed by atoms with Crippen LogP contribution in [0.1, 0.15) is 77.2 Å². The van der Waals surface area contributed by atoms with E-state index in [0.717, 1.165) is 18.4 Å². The number of aliphatic hydroxyl groups excluding tert-OH is 1. The number of nitrogens with zero attached hydrogens (tertiary/aromatic N) is 4. The minimum atomic E-state index is -0.582. The van der Waals surface area contributed by atoms with E-state index in [2.05, 4.69) is 9.97 Å². The summed E-state index contributed by atoms with van der Waals surface area (Å²) in [7, 11) is 0. The molecule has 0 radical (unpaired) electrons. The first-order valence-corrected chi connectivity index (χ1v) is 14.0. The summed E-state index contributed by atoms with van der Waals surface area (Å²) in [5, 5.41) is 10.6. The van der Waals surface area contributed by atoms with Crippen molar-refractivity contribution in [3.05, 3.63) is 52.1 Å². The molecule has 0 aliphatic carbocycles. The number of hydrogen-bond acceptors (Lipinski definition) is 9. The number of esters is 1. The van der Waals surface area contributed by atoms with Gasteiger partial charge >= 0.3 is 5.97 Å². The Morgan fingerprint density at radius 2 is 1.92 bits per heavy atom. The highest BCUT2D eigenvalue weighted by molar-refractivity contribution is 7.21. The molecule has 1 aliphatic rings. The lowest BCUT2D eigenvalue weighted by molar-refractivity contribution is -0.155.